The van der Waals surface area contributed by atoms with Crippen LogP contribution in [0.15, 0.2) is 54.6 Å². The fourth-order valence-corrected chi connectivity index (χ4v) is 9.77. The fraction of sp³-hybridized carbons (Fsp3) is 0.654. The van der Waals surface area contributed by atoms with Gasteiger partial charge in [0.15, 0.2) is 0 Å². The zero-order chi connectivity index (χ0) is 48.0. The second kappa shape index (κ2) is 24.3. The van der Waals surface area contributed by atoms with Crippen LogP contribution in [-0.4, -0.2) is 147 Å². The summed E-state index contributed by atoms with van der Waals surface area (Å²) in [7, 11) is 3.41. The average Bonchev–Trinajstić information content (AvgIpc) is 3.29. The number of para-hydroxylation sites is 2. The maximum absolute atomic E-state index is 13.0. The quantitative estimate of drug-likeness (QED) is 0.149. The summed E-state index contributed by atoms with van der Waals surface area (Å²) in [6, 6.07) is 15.7. The maximum Gasteiger partial charge on any atom is 0.410 e. The molecule has 2 atom stereocenters. The van der Waals surface area contributed by atoms with Crippen LogP contribution in [-0.2, 0) is 28.5 Å². The van der Waals surface area contributed by atoms with Crippen molar-refractivity contribution in [2.45, 2.75) is 130 Å². The molecule has 0 N–H and O–H groups in total. The van der Waals surface area contributed by atoms with Crippen molar-refractivity contribution in [3.63, 3.8) is 0 Å². The van der Waals surface area contributed by atoms with Gasteiger partial charge in [0.25, 0.3) is 0 Å². The van der Waals surface area contributed by atoms with Gasteiger partial charge >= 0.3 is 24.1 Å². The second-order valence-corrected chi connectivity index (χ2v) is 19.7. The molecule has 2 aromatic carbocycles. The van der Waals surface area contributed by atoms with Crippen molar-refractivity contribution in [3.8, 4) is 11.5 Å². The molecule has 0 bridgehead atoms. The third-order valence-electron chi connectivity index (χ3n) is 12.9. The molecule has 0 spiro atoms. The van der Waals surface area contributed by atoms with Crippen LogP contribution in [0.5, 0.6) is 11.5 Å². The van der Waals surface area contributed by atoms with Crippen LogP contribution in [0.1, 0.15) is 117 Å². The Morgan fingerprint density at radius 1 is 0.591 bits per heavy atom. The molecule has 2 aromatic rings. The first-order chi connectivity index (χ1) is 31.5. The van der Waals surface area contributed by atoms with Gasteiger partial charge in [-0.1, -0.05) is 42.5 Å². The lowest BCUT2D eigenvalue weighted by Crippen LogP contribution is -2.53. The molecule has 366 valence electrons. The van der Waals surface area contributed by atoms with Crippen LogP contribution < -0.4 is 9.47 Å². The summed E-state index contributed by atoms with van der Waals surface area (Å²) in [4.78, 5) is 58.9. The zero-order valence-electron chi connectivity index (χ0n) is 41.5. The monoisotopic (exact) mass is 919 g/mol. The first-order valence-corrected chi connectivity index (χ1v) is 24.2. The third kappa shape index (κ3) is 14.6. The van der Waals surface area contributed by atoms with E-state index in [9.17, 15) is 19.2 Å². The highest BCUT2D eigenvalue weighted by atomic mass is 16.6. The van der Waals surface area contributed by atoms with Crippen molar-refractivity contribution in [1.29, 1.82) is 0 Å². The number of hydrogen-bond acceptors (Lipinski definition) is 12. The summed E-state index contributed by atoms with van der Waals surface area (Å²) in [5.74, 6) is 2.25. The van der Waals surface area contributed by atoms with Gasteiger partial charge in [0.1, 0.15) is 34.8 Å². The number of carbonyl (C=O) groups excluding carboxylic acids is 4. The molecule has 2 unspecified atom stereocenters. The molecule has 0 aliphatic carbocycles. The first-order valence-electron chi connectivity index (χ1n) is 24.2. The topological polar surface area (TPSA) is 137 Å². The van der Waals surface area contributed by atoms with Gasteiger partial charge in [0.2, 0.25) is 0 Å². The number of nitrogens with zero attached hydrogens (tertiary/aromatic N) is 4. The van der Waals surface area contributed by atoms with E-state index in [0.717, 1.165) is 81.6 Å². The van der Waals surface area contributed by atoms with Gasteiger partial charge in [0, 0.05) is 44.8 Å². The normalized spacial score (nSPS) is 19.3. The molecule has 6 rings (SSSR count). The lowest BCUT2D eigenvalue weighted by atomic mass is 9.84. The molecule has 4 heterocycles. The first kappa shape index (κ1) is 52.2. The smallest absolute Gasteiger partial charge is 0.410 e. The van der Waals surface area contributed by atoms with Crippen molar-refractivity contribution in [2.75, 3.05) is 79.8 Å². The van der Waals surface area contributed by atoms with E-state index in [2.05, 4.69) is 34.1 Å². The van der Waals surface area contributed by atoms with E-state index in [-0.39, 0.29) is 48.0 Å². The molecule has 0 radical (unpaired) electrons. The Morgan fingerprint density at radius 3 is 1.48 bits per heavy atom. The Balaban J connectivity index is 0.000000247. The standard InChI is InChI=1S/C26H40N2O5.C26H38N2O5/c2*1-6-32-24(29)23(20-13-17-28(18-14-20)25(30)33-26(2,3)4)27-15-11-19(12-16-27)21-9-7-8-10-22(21)31-5/h7-10,19-20,23H,6,11-18H2,1-5H3;7-11,20,23H,6,12-18H2,1-5H3. The number of likely N-dealkylation sites (tertiary alicyclic amines) is 3. The van der Waals surface area contributed by atoms with Crippen LogP contribution >= 0.6 is 0 Å². The minimum atomic E-state index is -0.513. The van der Waals surface area contributed by atoms with E-state index in [1.807, 2.05) is 85.7 Å². The van der Waals surface area contributed by atoms with Crippen molar-refractivity contribution in [3.05, 3.63) is 65.7 Å². The Kier molecular flexibility index (Phi) is 19.2. The zero-order valence-corrected chi connectivity index (χ0v) is 41.5. The van der Waals surface area contributed by atoms with E-state index < -0.39 is 11.2 Å². The van der Waals surface area contributed by atoms with Crippen LogP contribution in [0.4, 0.5) is 9.59 Å². The fourth-order valence-electron chi connectivity index (χ4n) is 9.77. The third-order valence-corrected chi connectivity index (χ3v) is 12.9. The van der Waals surface area contributed by atoms with Gasteiger partial charge in [-0.25, -0.2) is 9.59 Å². The van der Waals surface area contributed by atoms with E-state index in [1.54, 1.807) is 24.0 Å². The summed E-state index contributed by atoms with van der Waals surface area (Å²) < 4.78 is 33.1. The minimum absolute atomic E-state index is 0.135. The SMILES string of the molecule is CCOC(=O)C(C1CCN(C(=O)OC(C)(C)C)CC1)N1CC=C(c2ccccc2OC)CC1.CCOC(=O)C(C1CCN(C(=O)OC(C)(C)C)CC1)N1CCC(c2ccccc2OC)CC1. The molecule has 0 saturated carbocycles. The van der Waals surface area contributed by atoms with Gasteiger partial charge < -0.3 is 38.2 Å². The maximum atomic E-state index is 13.0. The van der Waals surface area contributed by atoms with E-state index in [1.165, 1.54) is 11.1 Å². The predicted molar refractivity (Wildman–Crippen MR) is 256 cm³/mol. The summed E-state index contributed by atoms with van der Waals surface area (Å²) in [5.41, 5.74) is 2.58. The molecule has 14 heteroatoms. The molecule has 4 aliphatic rings. The van der Waals surface area contributed by atoms with Gasteiger partial charge in [-0.3, -0.25) is 19.4 Å². The summed E-state index contributed by atoms with van der Waals surface area (Å²) in [6.45, 7) is 21.2. The lowest BCUT2D eigenvalue weighted by Gasteiger charge is -2.42. The van der Waals surface area contributed by atoms with Crippen molar-refractivity contribution >= 4 is 29.7 Å². The summed E-state index contributed by atoms with van der Waals surface area (Å²) in [5, 5.41) is 0. The minimum Gasteiger partial charge on any atom is -0.496 e. The number of ether oxygens (including phenoxy) is 6. The van der Waals surface area contributed by atoms with Crippen LogP contribution in [0.25, 0.3) is 5.57 Å². The van der Waals surface area contributed by atoms with Crippen LogP contribution in [0.2, 0.25) is 0 Å². The van der Waals surface area contributed by atoms with E-state index in [0.29, 0.717) is 51.9 Å². The summed E-state index contributed by atoms with van der Waals surface area (Å²) in [6.07, 6.45) is 7.49. The Labute approximate surface area is 394 Å². The number of hydrogen-bond donors (Lipinski definition) is 0. The number of esters is 2. The number of piperidine rings is 3. The molecular formula is C52H78N4O10. The second-order valence-electron chi connectivity index (χ2n) is 19.7. The van der Waals surface area contributed by atoms with Gasteiger partial charge in [-0.15, -0.1) is 0 Å². The highest BCUT2D eigenvalue weighted by molar-refractivity contribution is 5.78. The molecule has 66 heavy (non-hydrogen) atoms. The number of methoxy groups -OCH3 is 2. The molecular weight excluding hydrogens is 841 g/mol. The molecule has 4 aliphatic heterocycles. The largest absolute Gasteiger partial charge is 0.496 e. The Hall–Kier alpha value is -4.82. The number of amides is 2. The predicted octanol–water partition coefficient (Wildman–Crippen LogP) is 8.82. The lowest BCUT2D eigenvalue weighted by molar-refractivity contribution is -0.154. The molecule has 3 fully saturated rings. The van der Waals surface area contributed by atoms with Crippen LogP contribution in [0, 0.1) is 11.8 Å². The van der Waals surface area contributed by atoms with Gasteiger partial charge in [-0.2, -0.15) is 0 Å². The van der Waals surface area contributed by atoms with Crippen molar-refractivity contribution in [2.24, 2.45) is 11.8 Å². The molecule has 14 nitrogen and oxygen atoms in total. The number of rotatable bonds is 12. The molecule has 2 amide bonds. The van der Waals surface area contributed by atoms with Gasteiger partial charge in [-0.05, 0) is 154 Å². The summed E-state index contributed by atoms with van der Waals surface area (Å²) >= 11 is 0. The van der Waals surface area contributed by atoms with Crippen molar-refractivity contribution in [1.82, 2.24) is 19.6 Å². The average molecular weight is 919 g/mol. The van der Waals surface area contributed by atoms with Crippen molar-refractivity contribution < 1.29 is 47.6 Å². The number of carbonyl (C=O) groups is 4. The highest BCUT2D eigenvalue weighted by Gasteiger charge is 2.41. The van der Waals surface area contributed by atoms with Gasteiger partial charge in [0.05, 0.1) is 27.4 Å². The van der Waals surface area contributed by atoms with E-state index in [4.69, 9.17) is 28.4 Å². The molecule has 0 aromatic heterocycles. The molecule has 3 saturated heterocycles. The highest BCUT2D eigenvalue weighted by Crippen LogP contribution is 2.37. The number of benzene rings is 2. The Morgan fingerprint density at radius 2 is 1.05 bits per heavy atom. The Bertz CT molecular complexity index is 1920. The van der Waals surface area contributed by atoms with E-state index >= 15 is 0 Å². The van der Waals surface area contributed by atoms with Crippen LogP contribution in [0.3, 0.4) is 0 Å².